The number of rotatable bonds is 3. The second kappa shape index (κ2) is 5.23. The van der Waals surface area contributed by atoms with E-state index in [9.17, 15) is 0 Å². The molecule has 1 atom stereocenters. The van der Waals surface area contributed by atoms with Crippen LogP contribution in [0.3, 0.4) is 0 Å². The molecule has 0 radical (unpaired) electrons. The van der Waals surface area contributed by atoms with Crippen LogP contribution in [0, 0.1) is 0 Å². The Balaban J connectivity index is 1.88. The molecule has 1 heterocycles. The summed E-state index contributed by atoms with van der Waals surface area (Å²) in [6.45, 7) is 0. The van der Waals surface area contributed by atoms with Crippen molar-refractivity contribution in [3.63, 3.8) is 0 Å². The molecule has 1 unspecified atom stereocenters. The third kappa shape index (κ3) is 2.55. The van der Waals surface area contributed by atoms with Crippen LogP contribution < -0.4 is 10.1 Å². The fourth-order valence-corrected chi connectivity index (χ4v) is 3.99. The average molecular weight is 314 g/mol. The first-order chi connectivity index (χ1) is 9.17. The molecule has 1 aliphatic rings. The summed E-state index contributed by atoms with van der Waals surface area (Å²) in [5.41, 5.74) is 2.23. The van der Waals surface area contributed by atoms with E-state index in [0.717, 1.165) is 28.6 Å². The van der Waals surface area contributed by atoms with Crippen molar-refractivity contribution in [1.29, 1.82) is 0 Å². The summed E-state index contributed by atoms with van der Waals surface area (Å²) in [5, 5.41) is 4.21. The number of anilines is 1. The lowest BCUT2D eigenvalue weighted by Crippen LogP contribution is -2.07. The number of nitrogens with one attached hydrogen (secondary N) is 1. The Hall–Kier alpha value is -0.900. The van der Waals surface area contributed by atoms with Crippen molar-refractivity contribution in [3.05, 3.63) is 44.1 Å². The Morgan fingerprint density at radius 3 is 2.95 bits per heavy atom. The number of thiophene rings is 1. The van der Waals surface area contributed by atoms with Gasteiger partial charge in [-0.15, -0.1) is 11.3 Å². The van der Waals surface area contributed by atoms with Crippen LogP contribution in [0.1, 0.15) is 22.9 Å². The topological polar surface area (TPSA) is 21.3 Å². The lowest BCUT2D eigenvalue weighted by Gasteiger charge is -2.17. The Bertz CT molecular complexity index is 611. The first kappa shape index (κ1) is 13.1. The van der Waals surface area contributed by atoms with Gasteiger partial charge in [0.2, 0.25) is 0 Å². The molecule has 2 nitrogen and oxygen atoms in total. The van der Waals surface area contributed by atoms with Gasteiger partial charge in [0, 0.05) is 9.90 Å². The van der Waals surface area contributed by atoms with E-state index in [-0.39, 0.29) is 6.04 Å². The van der Waals surface area contributed by atoms with Crippen molar-refractivity contribution >= 4 is 40.2 Å². The zero-order valence-corrected chi connectivity index (χ0v) is 12.7. The number of methoxy groups -OCH3 is 1. The molecule has 0 bridgehead atoms. The second-order valence-electron chi connectivity index (χ2n) is 4.51. The molecule has 0 saturated carbocycles. The molecular weight excluding hydrogens is 301 g/mol. The molecule has 0 amide bonds. The normalized spacial score (nSPS) is 17.3. The monoisotopic (exact) mass is 313 g/mol. The summed E-state index contributed by atoms with van der Waals surface area (Å²) < 4.78 is 6.22. The number of hydrogen-bond acceptors (Lipinski definition) is 3. The SMILES string of the molecule is COc1ccc(Cl)cc1NC1CCc2sc(Cl)cc21. The Morgan fingerprint density at radius 1 is 1.32 bits per heavy atom. The van der Waals surface area contributed by atoms with E-state index in [1.54, 1.807) is 18.4 Å². The smallest absolute Gasteiger partial charge is 0.142 e. The predicted molar refractivity (Wildman–Crippen MR) is 82.0 cm³/mol. The van der Waals surface area contributed by atoms with Crippen molar-refractivity contribution in [1.82, 2.24) is 0 Å². The first-order valence-corrected chi connectivity index (χ1v) is 7.63. The fourth-order valence-electron chi connectivity index (χ4n) is 2.46. The number of fused-ring (bicyclic) bond motifs is 1. The molecule has 1 N–H and O–H groups in total. The van der Waals surface area contributed by atoms with Crippen LogP contribution in [0.2, 0.25) is 9.36 Å². The van der Waals surface area contributed by atoms with Gasteiger partial charge in [0.25, 0.3) is 0 Å². The largest absolute Gasteiger partial charge is 0.495 e. The molecule has 1 aliphatic carbocycles. The zero-order valence-electron chi connectivity index (χ0n) is 10.4. The minimum absolute atomic E-state index is 0.283. The van der Waals surface area contributed by atoms with Crippen molar-refractivity contribution in [2.24, 2.45) is 0 Å². The van der Waals surface area contributed by atoms with Crippen LogP contribution in [-0.2, 0) is 6.42 Å². The van der Waals surface area contributed by atoms with Crippen molar-refractivity contribution in [2.75, 3.05) is 12.4 Å². The minimum atomic E-state index is 0.283. The van der Waals surface area contributed by atoms with Gasteiger partial charge in [-0.05, 0) is 42.7 Å². The highest BCUT2D eigenvalue weighted by molar-refractivity contribution is 7.16. The van der Waals surface area contributed by atoms with Crippen LogP contribution in [0.5, 0.6) is 5.75 Å². The van der Waals surface area contributed by atoms with E-state index >= 15 is 0 Å². The third-order valence-electron chi connectivity index (χ3n) is 3.34. The maximum atomic E-state index is 6.08. The summed E-state index contributed by atoms with van der Waals surface area (Å²) in [6, 6.07) is 7.94. The summed E-state index contributed by atoms with van der Waals surface area (Å²) in [7, 11) is 1.66. The Morgan fingerprint density at radius 2 is 2.16 bits per heavy atom. The maximum Gasteiger partial charge on any atom is 0.142 e. The van der Waals surface area contributed by atoms with Gasteiger partial charge >= 0.3 is 0 Å². The Labute approximate surface area is 126 Å². The van der Waals surface area contributed by atoms with Gasteiger partial charge < -0.3 is 10.1 Å². The lowest BCUT2D eigenvalue weighted by molar-refractivity contribution is 0.416. The molecule has 1 aromatic heterocycles. The van der Waals surface area contributed by atoms with Crippen LogP contribution in [-0.4, -0.2) is 7.11 Å². The standard InChI is InChI=1S/C14H13Cl2NOS/c1-18-12-4-2-8(15)6-11(12)17-10-3-5-13-9(10)7-14(16)19-13/h2,4,6-7,10,17H,3,5H2,1H3. The number of benzene rings is 1. The number of halogens is 2. The van der Waals surface area contributed by atoms with Gasteiger partial charge in [-0.3, -0.25) is 0 Å². The van der Waals surface area contributed by atoms with Crippen molar-refractivity contribution in [2.45, 2.75) is 18.9 Å². The van der Waals surface area contributed by atoms with E-state index in [4.69, 9.17) is 27.9 Å². The van der Waals surface area contributed by atoms with Crippen LogP contribution in [0.15, 0.2) is 24.3 Å². The highest BCUT2D eigenvalue weighted by atomic mass is 35.5. The quantitative estimate of drug-likeness (QED) is 0.844. The Kier molecular flexibility index (Phi) is 3.61. The maximum absolute atomic E-state index is 6.08. The molecule has 0 spiro atoms. The lowest BCUT2D eigenvalue weighted by atomic mass is 10.1. The van der Waals surface area contributed by atoms with Crippen molar-refractivity contribution in [3.8, 4) is 5.75 Å². The molecule has 19 heavy (non-hydrogen) atoms. The second-order valence-corrected chi connectivity index (χ2v) is 6.71. The van der Waals surface area contributed by atoms with Crippen molar-refractivity contribution < 1.29 is 4.74 Å². The number of aryl methyl sites for hydroxylation is 1. The number of ether oxygens (including phenoxy) is 1. The average Bonchev–Trinajstić information content (AvgIpc) is 2.91. The van der Waals surface area contributed by atoms with Crippen LogP contribution in [0.25, 0.3) is 0 Å². The van der Waals surface area contributed by atoms with E-state index in [2.05, 4.69) is 11.4 Å². The van der Waals surface area contributed by atoms with Crippen LogP contribution in [0.4, 0.5) is 5.69 Å². The summed E-state index contributed by atoms with van der Waals surface area (Å²) in [4.78, 5) is 1.38. The van der Waals surface area contributed by atoms with E-state index in [1.165, 1.54) is 10.4 Å². The van der Waals surface area contributed by atoms with Gasteiger partial charge in [0.05, 0.1) is 23.2 Å². The molecule has 0 saturated heterocycles. The van der Waals surface area contributed by atoms with E-state index in [0.29, 0.717) is 5.02 Å². The predicted octanol–water partition coefficient (Wildman–Crippen LogP) is 5.16. The fraction of sp³-hybridized carbons (Fsp3) is 0.286. The third-order valence-corrected chi connectivity index (χ3v) is 4.91. The molecule has 2 aromatic rings. The molecule has 5 heteroatoms. The minimum Gasteiger partial charge on any atom is -0.495 e. The van der Waals surface area contributed by atoms with E-state index < -0.39 is 0 Å². The van der Waals surface area contributed by atoms with E-state index in [1.807, 2.05) is 18.2 Å². The van der Waals surface area contributed by atoms with Gasteiger partial charge in [-0.1, -0.05) is 23.2 Å². The van der Waals surface area contributed by atoms with Gasteiger partial charge in [-0.2, -0.15) is 0 Å². The summed E-state index contributed by atoms with van der Waals surface area (Å²) in [6.07, 6.45) is 2.15. The van der Waals surface area contributed by atoms with Gasteiger partial charge in [-0.25, -0.2) is 0 Å². The summed E-state index contributed by atoms with van der Waals surface area (Å²) >= 11 is 13.8. The molecule has 1 aromatic carbocycles. The first-order valence-electron chi connectivity index (χ1n) is 6.05. The highest BCUT2D eigenvalue weighted by Gasteiger charge is 2.25. The molecule has 100 valence electrons. The van der Waals surface area contributed by atoms with Crippen LogP contribution >= 0.6 is 34.5 Å². The molecule has 0 fully saturated rings. The van der Waals surface area contributed by atoms with Gasteiger partial charge in [0.1, 0.15) is 5.75 Å². The van der Waals surface area contributed by atoms with Gasteiger partial charge in [0.15, 0.2) is 0 Å². The summed E-state index contributed by atoms with van der Waals surface area (Å²) in [5.74, 6) is 0.805. The highest BCUT2D eigenvalue weighted by Crippen LogP contribution is 2.42. The zero-order chi connectivity index (χ0) is 13.4. The number of hydrogen-bond donors (Lipinski definition) is 1. The molecule has 3 rings (SSSR count). The molecular formula is C14H13Cl2NOS. The molecule has 0 aliphatic heterocycles.